The molecule has 0 unspecified atom stereocenters. The van der Waals surface area contributed by atoms with Crippen molar-refractivity contribution >= 4 is 16.9 Å². The van der Waals surface area contributed by atoms with E-state index in [2.05, 4.69) is 76.4 Å². The lowest BCUT2D eigenvalue weighted by molar-refractivity contribution is 0.797. The first-order valence-electron chi connectivity index (χ1n) is 10.5. The van der Waals surface area contributed by atoms with E-state index in [0.29, 0.717) is 0 Å². The molecular formula is C24H28N6. The molecule has 30 heavy (non-hydrogen) atoms. The predicted molar refractivity (Wildman–Crippen MR) is 123 cm³/mol. The van der Waals surface area contributed by atoms with Crippen LogP contribution in [0, 0.1) is 0 Å². The minimum Gasteiger partial charge on any atom is -0.361 e. The fraction of sp³-hybridized carbons (Fsp3) is 0.250. The van der Waals surface area contributed by atoms with Crippen LogP contribution in [0.2, 0.25) is 0 Å². The Bertz CT molecular complexity index is 1090. The van der Waals surface area contributed by atoms with E-state index in [1.165, 1.54) is 22.0 Å². The van der Waals surface area contributed by atoms with E-state index in [-0.39, 0.29) is 0 Å². The van der Waals surface area contributed by atoms with E-state index in [1.54, 1.807) is 0 Å². The van der Waals surface area contributed by atoms with Gasteiger partial charge in [-0.2, -0.15) is 5.10 Å². The van der Waals surface area contributed by atoms with Gasteiger partial charge in [-0.05, 0) is 49.1 Å². The number of fused-ring (bicyclic) bond motifs is 1. The molecule has 154 valence electrons. The molecule has 2 aromatic carbocycles. The molecule has 4 rings (SSSR count). The summed E-state index contributed by atoms with van der Waals surface area (Å²) in [5.41, 5.74) is 4.75. The van der Waals surface area contributed by atoms with Crippen LogP contribution in [0.4, 0.5) is 0 Å². The summed E-state index contributed by atoms with van der Waals surface area (Å²) in [6.45, 7) is 4.47. The van der Waals surface area contributed by atoms with Crippen LogP contribution >= 0.6 is 0 Å². The van der Waals surface area contributed by atoms with Gasteiger partial charge in [-0.3, -0.25) is 4.99 Å². The van der Waals surface area contributed by atoms with Crippen molar-refractivity contribution < 1.29 is 0 Å². The molecule has 6 heteroatoms. The first-order chi connectivity index (χ1) is 14.8. The third kappa shape index (κ3) is 4.89. The molecule has 0 radical (unpaired) electrons. The number of aliphatic imine (C=N–C) groups is 1. The zero-order valence-corrected chi connectivity index (χ0v) is 17.3. The molecule has 6 nitrogen and oxygen atoms in total. The normalized spacial score (nSPS) is 11.7. The second kappa shape index (κ2) is 9.78. The summed E-state index contributed by atoms with van der Waals surface area (Å²) in [6.07, 6.45) is 7.89. The predicted octanol–water partition coefficient (Wildman–Crippen LogP) is 3.69. The molecule has 2 heterocycles. The van der Waals surface area contributed by atoms with Crippen LogP contribution in [0.1, 0.15) is 18.1 Å². The van der Waals surface area contributed by atoms with Crippen LogP contribution in [0.3, 0.4) is 0 Å². The first kappa shape index (κ1) is 19.8. The first-order valence-corrected chi connectivity index (χ1v) is 10.5. The number of hydrogen-bond acceptors (Lipinski definition) is 2. The highest BCUT2D eigenvalue weighted by Gasteiger charge is 2.04. The van der Waals surface area contributed by atoms with Crippen molar-refractivity contribution in [2.75, 3.05) is 19.6 Å². The largest absolute Gasteiger partial charge is 0.361 e. The second-order valence-electron chi connectivity index (χ2n) is 7.18. The van der Waals surface area contributed by atoms with Crippen molar-refractivity contribution in [3.8, 4) is 5.69 Å². The van der Waals surface area contributed by atoms with Crippen molar-refractivity contribution in [3.63, 3.8) is 0 Å². The maximum absolute atomic E-state index is 4.74. The lowest BCUT2D eigenvalue weighted by Gasteiger charge is -2.10. The number of hydrogen-bond donors (Lipinski definition) is 3. The molecule has 0 fully saturated rings. The van der Waals surface area contributed by atoms with Crippen molar-refractivity contribution in [1.29, 1.82) is 0 Å². The summed E-state index contributed by atoms with van der Waals surface area (Å²) in [4.78, 5) is 8.07. The van der Waals surface area contributed by atoms with Crippen LogP contribution < -0.4 is 10.6 Å². The molecule has 0 atom stereocenters. The standard InChI is InChI=1S/C24H28N6/c1-2-25-24(27-15-13-20-17-28-23-11-7-6-10-22(20)23)26-14-12-19-16-29-30(18-19)21-8-4-3-5-9-21/h3-11,16-18,28H,2,12-15H2,1H3,(H2,25,26,27). The van der Waals surface area contributed by atoms with Crippen LogP contribution in [0.25, 0.3) is 16.6 Å². The smallest absolute Gasteiger partial charge is 0.191 e. The maximum atomic E-state index is 4.74. The summed E-state index contributed by atoms with van der Waals surface area (Å²) in [6, 6.07) is 18.6. The second-order valence-corrected chi connectivity index (χ2v) is 7.18. The van der Waals surface area contributed by atoms with Crippen molar-refractivity contribution in [2.24, 2.45) is 4.99 Å². The number of benzene rings is 2. The Kier molecular flexibility index (Phi) is 6.44. The van der Waals surface area contributed by atoms with Crippen LogP contribution in [0.15, 0.2) is 78.2 Å². The molecule has 0 aliphatic rings. The summed E-state index contributed by atoms with van der Waals surface area (Å²) in [5, 5.41) is 12.5. The summed E-state index contributed by atoms with van der Waals surface area (Å²) in [7, 11) is 0. The molecule has 4 aromatic rings. The summed E-state index contributed by atoms with van der Waals surface area (Å²) in [5.74, 6) is 0.854. The number of aromatic amines is 1. The number of nitrogens with zero attached hydrogens (tertiary/aromatic N) is 3. The molecule has 0 aliphatic heterocycles. The zero-order valence-electron chi connectivity index (χ0n) is 17.3. The molecule has 0 spiro atoms. The lowest BCUT2D eigenvalue weighted by atomic mass is 10.1. The minimum atomic E-state index is 0.739. The van der Waals surface area contributed by atoms with E-state index in [4.69, 9.17) is 4.99 Å². The van der Waals surface area contributed by atoms with E-state index < -0.39 is 0 Å². The van der Waals surface area contributed by atoms with Gasteiger partial charge in [0.2, 0.25) is 0 Å². The van der Waals surface area contributed by atoms with Gasteiger partial charge in [0.15, 0.2) is 5.96 Å². The number of nitrogens with one attached hydrogen (secondary N) is 3. The Morgan fingerprint density at radius 3 is 2.73 bits per heavy atom. The van der Waals surface area contributed by atoms with Crippen molar-refractivity contribution in [2.45, 2.75) is 19.8 Å². The quantitative estimate of drug-likeness (QED) is 0.312. The van der Waals surface area contributed by atoms with Crippen molar-refractivity contribution in [1.82, 2.24) is 25.4 Å². The number of aromatic nitrogens is 3. The fourth-order valence-corrected chi connectivity index (χ4v) is 3.50. The van der Waals surface area contributed by atoms with Gasteiger partial charge in [-0.25, -0.2) is 4.68 Å². The van der Waals surface area contributed by atoms with Gasteiger partial charge in [0, 0.05) is 42.9 Å². The topological polar surface area (TPSA) is 70.0 Å². The molecular weight excluding hydrogens is 372 g/mol. The van der Waals surface area contributed by atoms with Gasteiger partial charge < -0.3 is 15.6 Å². The average Bonchev–Trinajstić information content (AvgIpc) is 3.42. The molecule has 3 N–H and O–H groups in total. The Morgan fingerprint density at radius 1 is 1.03 bits per heavy atom. The van der Waals surface area contributed by atoms with E-state index in [0.717, 1.165) is 44.1 Å². The van der Waals surface area contributed by atoms with Gasteiger partial charge in [0.05, 0.1) is 11.9 Å². The number of H-pyrrole nitrogens is 1. The summed E-state index contributed by atoms with van der Waals surface area (Å²) >= 11 is 0. The van der Waals surface area contributed by atoms with Gasteiger partial charge in [0.1, 0.15) is 0 Å². The molecule has 2 aromatic heterocycles. The monoisotopic (exact) mass is 400 g/mol. The van der Waals surface area contributed by atoms with Gasteiger partial charge in [-0.15, -0.1) is 0 Å². The average molecular weight is 401 g/mol. The Morgan fingerprint density at radius 2 is 1.87 bits per heavy atom. The van der Waals surface area contributed by atoms with Crippen LogP contribution in [-0.2, 0) is 12.8 Å². The third-order valence-corrected chi connectivity index (χ3v) is 5.03. The van der Waals surface area contributed by atoms with Crippen LogP contribution in [-0.4, -0.2) is 40.4 Å². The molecule has 0 bridgehead atoms. The highest BCUT2D eigenvalue weighted by atomic mass is 15.3. The Balaban J connectivity index is 1.30. The number of rotatable bonds is 8. The lowest BCUT2D eigenvalue weighted by Crippen LogP contribution is -2.38. The SMILES string of the molecule is CCNC(=NCCc1c[nH]c2ccccc12)NCCc1cnn(-c2ccccc2)c1. The molecule has 0 saturated carbocycles. The van der Waals surface area contributed by atoms with Gasteiger partial charge in [-0.1, -0.05) is 36.4 Å². The Labute approximate surface area is 177 Å². The zero-order chi connectivity index (χ0) is 20.6. The van der Waals surface area contributed by atoms with Gasteiger partial charge >= 0.3 is 0 Å². The maximum Gasteiger partial charge on any atom is 0.191 e. The number of guanidine groups is 1. The summed E-state index contributed by atoms with van der Waals surface area (Å²) < 4.78 is 1.91. The van der Waals surface area contributed by atoms with E-state index in [1.807, 2.05) is 29.1 Å². The highest BCUT2D eigenvalue weighted by molar-refractivity contribution is 5.83. The van der Waals surface area contributed by atoms with E-state index in [9.17, 15) is 0 Å². The minimum absolute atomic E-state index is 0.739. The third-order valence-electron chi connectivity index (χ3n) is 5.03. The Hall–Kier alpha value is -3.54. The number of para-hydroxylation sites is 2. The van der Waals surface area contributed by atoms with Gasteiger partial charge in [0.25, 0.3) is 0 Å². The highest BCUT2D eigenvalue weighted by Crippen LogP contribution is 2.17. The van der Waals surface area contributed by atoms with E-state index >= 15 is 0 Å². The molecule has 0 amide bonds. The molecule has 0 aliphatic carbocycles. The van der Waals surface area contributed by atoms with Crippen molar-refractivity contribution in [3.05, 3.63) is 84.3 Å². The van der Waals surface area contributed by atoms with Crippen LogP contribution in [0.5, 0.6) is 0 Å². The molecule has 0 saturated heterocycles. The fourth-order valence-electron chi connectivity index (χ4n) is 3.50.